The maximum absolute atomic E-state index is 12.9. The van der Waals surface area contributed by atoms with Crippen LogP contribution < -0.4 is 10.6 Å². The number of anilines is 1. The molecule has 0 unspecified atom stereocenters. The predicted molar refractivity (Wildman–Crippen MR) is 116 cm³/mol. The maximum atomic E-state index is 12.9. The fraction of sp³-hybridized carbons (Fsp3) is 0.409. The molecule has 2 aromatic heterocycles. The zero-order valence-corrected chi connectivity index (χ0v) is 17.6. The molecule has 0 bridgehead atoms. The highest BCUT2D eigenvalue weighted by Crippen LogP contribution is 2.33. The number of nitrogens with one attached hydrogen (secondary N) is 3. The van der Waals surface area contributed by atoms with Gasteiger partial charge in [-0.1, -0.05) is 0 Å². The van der Waals surface area contributed by atoms with E-state index < -0.39 is 5.60 Å². The second-order valence-corrected chi connectivity index (χ2v) is 8.34. The third kappa shape index (κ3) is 4.92. The smallest absolute Gasteiger partial charge is 0.254 e. The van der Waals surface area contributed by atoms with Gasteiger partial charge in [0.05, 0.1) is 28.6 Å². The third-order valence-electron chi connectivity index (χ3n) is 4.72. The van der Waals surface area contributed by atoms with Gasteiger partial charge >= 0.3 is 0 Å². The van der Waals surface area contributed by atoms with Crippen molar-refractivity contribution < 1.29 is 9.90 Å². The Bertz CT molecular complexity index is 1000. The van der Waals surface area contributed by atoms with Gasteiger partial charge in [-0.3, -0.25) is 14.9 Å². The van der Waals surface area contributed by atoms with Gasteiger partial charge in [-0.15, -0.1) is 0 Å². The van der Waals surface area contributed by atoms with Crippen LogP contribution in [0.3, 0.4) is 0 Å². The van der Waals surface area contributed by atoms with Crippen LogP contribution in [0.2, 0.25) is 0 Å². The van der Waals surface area contributed by atoms with Crippen molar-refractivity contribution in [3.63, 3.8) is 0 Å². The predicted octanol–water partition coefficient (Wildman–Crippen LogP) is 3.64. The SMILES string of the molecule is Cc1cc2ncc(C(=O)NCCC(C)(C)O)c(NC(C)C)c2cc1-c1cn[nH]c1. The molecule has 7 nitrogen and oxygen atoms in total. The molecule has 7 heteroatoms. The van der Waals surface area contributed by atoms with Crippen LogP contribution in [0.5, 0.6) is 0 Å². The van der Waals surface area contributed by atoms with Gasteiger partial charge in [0.1, 0.15) is 0 Å². The molecule has 0 aliphatic carbocycles. The van der Waals surface area contributed by atoms with Crippen LogP contribution in [0.15, 0.2) is 30.7 Å². The molecule has 0 radical (unpaired) electrons. The number of hydrogen-bond donors (Lipinski definition) is 4. The summed E-state index contributed by atoms with van der Waals surface area (Å²) in [6.07, 6.45) is 5.72. The zero-order valence-electron chi connectivity index (χ0n) is 17.6. The van der Waals surface area contributed by atoms with Crippen molar-refractivity contribution in [2.45, 2.75) is 52.7 Å². The fourth-order valence-corrected chi connectivity index (χ4v) is 3.25. The number of aromatic nitrogens is 3. The van der Waals surface area contributed by atoms with Gasteiger partial charge in [-0.25, -0.2) is 0 Å². The molecule has 0 atom stereocenters. The number of carbonyl (C=O) groups is 1. The van der Waals surface area contributed by atoms with Crippen LogP contribution in [0, 0.1) is 6.92 Å². The number of nitrogens with zero attached hydrogens (tertiary/aromatic N) is 2. The lowest BCUT2D eigenvalue weighted by atomic mass is 9.98. The molecule has 3 aromatic rings. The number of amides is 1. The first-order valence-electron chi connectivity index (χ1n) is 9.85. The van der Waals surface area contributed by atoms with Gasteiger partial charge in [-0.2, -0.15) is 5.10 Å². The Morgan fingerprint density at radius 3 is 2.66 bits per heavy atom. The standard InChI is InChI=1S/C22H29N5O2/c1-13(2)27-20-17-9-16(15-10-25-26-11-15)14(3)8-19(17)24-12-18(20)21(28)23-7-6-22(4,5)29/h8-13,29H,6-7H2,1-5H3,(H,23,28)(H,24,27)(H,25,26). The van der Waals surface area contributed by atoms with Gasteiger partial charge in [0.15, 0.2) is 0 Å². The van der Waals surface area contributed by atoms with Crippen LogP contribution >= 0.6 is 0 Å². The first-order chi connectivity index (χ1) is 13.7. The highest BCUT2D eigenvalue weighted by atomic mass is 16.3. The van der Waals surface area contributed by atoms with E-state index in [0.29, 0.717) is 18.5 Å². The molecule has 0 saturated carbocycles. The third-order valence-corrected chi connectivity index (χ3v) is 4.72. The van der Waals surface area contributed by atoms with Crippen molar-refractivity contribution in [3.8, 4) is 11.1 Å². The highest BCUT2D eigenvalue weighted by molar-refractivity contribution is 6.08. The van der Waals surface area contributed by atoms with Crippen molar-refractivity contribution in [1.29, 1.82) is 0 Å². The number of pyridine rings is 1. The number of hydrogen-bond acceptors (Lipinski definition) is 5. The van der Waals surface area contributed by atoms with E-state index in [2.05, 4.69) is 31.9 Å². The molecule has 1 amide bonds. The Kier molecular flexibility index (Phi) is 5.88. The average molecular weight is 396 g/mol. The number of fused-ring (bicyclic) bond motifs is 1. The minimum atomic E-state index is -0.828. The fourth-order valence-electron chi connectivity index (χ4n) is 3.25. The van der Waals surface area contributed by atoms with E-state index in [4.69, 9.17) is 0 Å². The summed E-state index contributed by atoms with van der Waals surface area (Å²) in [6, 6.07) is 4.22. The second-order valence-electron chi connectivity index (χ2n) is 8.34. The number of benzene rings is 1. The second kappa shape index (κ2) is 8.21. The lowest BCUT2D eigenvalue weighted by molar-refractivity contribution is 0.0693. The quantitative estimate of drug-likeness (QED) is 0.489. The van der Waals surface area contributed by atoms with Gasteiger partial charge in [0.2, 0.25) is 0 Å². The number of H-pyrrole nitrogens is 1. The van der Waals surface area contributed by atoms with Crippen molar-refractivity contribution in [3.05, 3.63) is 41.9 Å². The van der Waals surface area contributed by atoms with E-state index in [1.54, 1.807) is 26.2 Å². The van der Waals surface area contributed by atoms with Gasteiger partial charge < -0.3 is 15.7 Å². The zero-order chi connectivity index (χ0) is 21.2. The monoisotopic (exact) mass is 395 g/mol. The summed E-state index contributed by atoms with van der Waals surface area (Å²) in [5.74, 6) is -0.211. The molecular formula is C22H29N5O2. The molecule has 1 aromatic carbocycles. The molecular weight excluding hydrogens is 366 g/mol. The maximum Gasteiger partial charge on any atom is 0.254 e. The number of rotatable bonds is 7. The number of aromatic amines is 1. The van der Waals surface area contributed by atoms with E-state index >= 15 is 0 Å². The molecule has 0 saturated heterocycles. The summed E-state index contributed by atoms with van der Waals surface area (Å²) in [7, 11) is 0. The Morgan fingerprint density at radius 2 is 2.03 bits per heavy atom. The number of carbonyl (C=O) groups excluding carboxylic acids is 1. The molecule has 3 rings (SSSR count). The van der Waals surface area contributed by atoms with Gasteiger partial charge in [0, 0.05) is 35.9 Å². The molecule has 154 valence electrons. The Hall–Kier alpha value is -2.93. The Labute approximate surface area is 170 Å². The summed E-state index contributed by atoms with van der Waals surface area (Å²) in [6.45, 7) is 9.94. The van der Waals surface area contributed by atoms with Crippen molar-refractivity contribution in [2.75, 3.05) is 11.9 Å². The Balaban J connectivity index is 2.05. The van der Waals surface area contributed by atoms with Crippen LogP contribution in [0.4, 0.5) is 5.69 Å². The van der Waals surface area contributed by atoms with E-state index in [1.165, 1.54) is 0 Å². The molecule has 29 heavy (non-hydrogen) atoms. The van der Waals surface area contributed by atoms with E-state index in [0.717, 1.165) is 33.3 Å². The molecule has 0 aliphatic rings. The lowest BCUT2D eigenvalue weighted by Crippen LogP contribution is -2.31. The first kappa shape index (κ1) is 20.8. The average Bonchev–Trinajstić information content (AvgIpc) is 3.14. The van der Waals surface area contributed by atoms with Gasteiger partial charge in [0.25, 0.3) is 5.91 Å². The highest BCUT2D eigenvalue weighted by Gasteiger charge is 2.19. The van der Waals surface area contributed by atoms with Gasteiger partial charge in [-0.05, 0) is 64.3 Å². The number of aliphatic hydroxyl groups is 1. The van der Waals surface area contributed by atoms with E-state index in [-0.39, 0.29) is 11.9 Å². The molecule has 0 spiro atoms. The van der Waals surface area contributed by atoms with Crippen molar-refractivity contribution in [2.24, 2.45) is 0 Å². The van der Waals surface area contributed by atoms with Crippen LogP contribution in [0.25, 0.3) is 22.0 Å². The molecule has 2 heterocycles. The number of aryl methyl sites for hydroxylation is 1. The van der Waals surface area contributed by atoms with E-state index in [1.807, 2.05) is 33.0 Å². The largest absolute Gasteiger partial charge is 0.390 e. The Morgan fingerprint density at radius 1 is 1.28 bits per heavy atom. The van der Waals surface area contributed by atoms with Crippen LogP contribution in [-0.4, -0.2) is 44.4 Å². The summed E-state index contributed by atoms with van der Waals surface area (Å²) in [4.78, 5) is 17.4. The summed E-state index contributed by atoms with van der Waals surface area (Å²) < 4.78 is 0. The minimum absolute atomic E-state index is 0.141. The normalized spacial score (nSPS) is 11.8. The van der Waals surface area contributed by atoms with Crippen molar-refractivity contribution in [1.82, 2.24) is 20.5 Å². The summed E-state index contributed by atoms with van der Waals surface area (Å²) >= 11 is 0. The first-order valence-corrected chi connectivity index (χ1v) is 9.85. The topological polar surface area (TPSA) is 103 Å². The molecule has 0 fully saturated rings. The van der Waals surface area contributed by atoms with Crippen molar-refractivity contribution >= 4 is 22.5 Å². The molecule has 0 aliphatic heterocycles. The lowest BCUT2D eigenvalue weighted by Gasteiger charge is -2.20. The summed E-state index contributed by atoms with van der Waals surface area (Å²) in [5.41, 5.74) is 4.36. The van der Waals surface area contributed by atoms with Crippen LogP contribution in [-0.2, 0) is 0 Å². The minimum Gasteiger partial charge on any atom is -0.390 e. The van der Waals surface area contributed by atoms with E-state index in [9.17, 15) is 9.90 Å². The van der Waals surface area contributed by atoms with Crippen LogP contribution in [0.1, 0.15) is 50.0 Å². The summed E-state index contributed by atoms with van der Waals surface area (Å²) in [5, 5.41) is 24.0. The molecule has 4 N–H and O–H groups in total.